The molecule has 0 aliphatic carbocycles. The molecule has 1 N–H and O–H groups in total. The molecule has 0 radical (unpaired) electrons. The van der Waals surface area contributed by atoms with E-state index in [1.54, 1.807) is 13.8 Å². The third kappa shape index (κ3) is 4.27. The first-order valence-corrected chi connectivity index (χ1v) is 10.3. The highest BCUT2D eigenvalue weighted by molar-refractivity contribution is 7.89. The Bertz CT molecular complexity index is 1010. The molecule has 0 aliphatic rings. The van der Waals surface area contributed by atoms with Gasteiger partial charge in [0.1, 0.15) is 11.6 Å². The maximum Gasteiger partial charge on any atom is 0.338 e. The van der Waals surface area contributed by atoms with E-state index in [1.807, 2.05) is 24.3 Å². The molecule has 1 aromatic heterocycles. The molecule has 0 saturated carbocycles. The fraction of sp³-hybridized carbons (Fsp3) is 0.222. The minimum Gasteiger partial charge on any atom is -0.455 e. The average Bonchev–Trinajstić information content (AvgIpc) is 3.01. The summed E-state index contributed by atoms with van der Waals surface area (Å²) >= 11 is 1.45. The molecule has 0 aliphatic heterocycles. The zero-order valence-electron chi connectivity index (χ0n) is 14.3. The number of sulfonamides is 1. The highest BCUT2D eigenvalue weighted by atomic mass is 32.2. The van der Waals surface area contributed by atoms with Crippen LogP contribution in [-0.2, 0) is 21.4 Å². The first kappa shape index (κ1) is 18.5. The van der Waals surface area contributed by atoms with E-state index in [4.69, 9.17) is 4.74 Å². The van der Waals surface area contributed by atoms with Crippen molar-refractivity contribution in [3.63, 3.8) is 0 Å². The predicted molar refractivity (Wildman–Crippen MR) is 101 cm³/mol. The summed E-state index contributed by atoms with van der Waals surface area (Å²) in [5.41, 5.74) is 1.04. The quantitative estimate of drug-likeness (QED) is 0.653. The lowest BCUT2D eigenvalue weighted by atomic mass is 10.2. The molecular weight excluding hydrogens is 372 g/mol. The second-order valence-corrected chi connectivity index (χ2v) is 8.78. The van der Waals surface area contributed by atoms with E-state index in [0.717, 1.165) is 10.2 Å². The Balaban J connectivity index is 1.72. The Kier molecular flexibility index (Phi) is 5.36. The van der Waals surface area contributed by atoms with E-state index in [1.165, 1.54) is 35.6 Å². The first-order chi connectivity index (χ1) is 12.3. The third-order valence-corrected chi connectivity index (χ3v) is 6.10. The Morgan fingerprint density at radius 3 is 2.69 bits per heavy atom. The molecule has 0 atom stereocenters. The van der Waals surface area contributed by atoms with Gasteiger partial charge in [0.05, 0.1) is 20.7 Å². The number of nitrogens with one attached hydrogen (secondary N) is 1. The van der Waals surface area contributed by atoms with Gasteiger partial charge in [-0.3, -0.25) is 0 Å². The summed E-state index contributed by atoms with van der Waals surface area (Å²) in [6.07, 6.45) is 0. The second kappa shape index (κ2) is 7.53. The van der Waals surface area contributed by atoms with Crippen molar-refractivity contribution < 1.29 is 17.9 Å². The lowest BCUT2D eigenvalue weighted by molar-refractivity contribution is 0.0472. The number of para-hydroxylation sites is 1. The van der Waals surface area contributed by atoms with Gasteiger partial charge in [-0.2, -0.15) is 0 Å². The van der Waals surface area contributed by atoms with Crippen molar-refractivity contribution in [3.05, 3.63) is 59.1 Å². The smallest absolute Gasteiger partial charge is 0.338 e. The van der Waals surface area contributed by atoms with Gasteiger partial charge in [0, 0.05) is 6.04 Å². The second-order valence-electron chi connectivity index (χ2n) is 5.96. The van der Waals surface area contributed by atoms with E-state index < -0.39 is 16.0 Å². The SMILES string of the molecule is CC(C)NS(=O)(=O)c1cccc(C(=O)OCc2nc3ccccc3s2)c1. The molecule has 6 nitrogen and oxygen atoms in total. The number of nitrogens with zero attached hydrogens (tertiary/aromatic N) is 1. The molecule has 8 heteroatoms. The Morgan fingerprint density at radius 1 is 1.19 bits per heavy atom. The molecule has 0 saturated heterocycles. The molecule has 3 aromatic rings. The van der Waals surface area contributed by atoms with E-state index in [0.29, 0.717) is 5.01 Å². The average molecular weight is 390 g/mol. The van der Waals surface area contributed by atoms with Gasteiger partial charge in [-0.25, -0.2) is 22.9 Å². The van der Waals surface area contributed by atoms with Crippen LogP contribution in [-0.4, -0.2) is 25.4 Å². The number of fused-ring (bicyclic) bond motifs is 1. The molecule has 0 fully saturated rings. The number of hydrogen-bond donors (Lipinski definition) is 1. The molecule has 2 aromatic carbocycles. The van der Waals surface area contributed by atoms with Crippen LogP contribution in [0.15, 0.2) is 53.4 Å². The number of carbonyl (C=O) groups excluding carboxylic acids is 1. The maximum atomic E-state index is 12.3. The standard InChI is InChI=1S/C18H18N2O4S2/c1-12(2)20-26(22,23)14-7-5-6-13(10-14)18(21)24-11-17-19-15-8-3-4-9-16(15)25-17/h3-10,12,20H,11H2,1-2H3. The van der Waals surface area contributed by atoms with E-state index in [-0.39, 0.29) is 23.1 Å². The van der Waals surface area contributed by atoms with E-state index >= 15 is 0 Å². The van der Waals surface area contributed by atoms with Gasteiger partial charge >= 0.3 is 5.97 Å². The van der Waals surface area contributed by atoms with Crippen molar-refractivity contribution in [3.8, 4) is 0 Å². The van der Waals surface area contributed by atoms with Crippen LogP contribution < -0.4 is 4.72 Å². The number of carbonyl (C=O) groups is 1. The Hall–Kier alpha value is -2.29. The van der Waals surface area contributed by atoms with Gasteiger partial charge in [-0.05, 0) is 44.2 Å². The number of benzene rings is 2. The van der Waals surface area contributed by atoms with Crippen LogP contribution in [0.5, 0.6) is 0 Å². The van der Waals surface area contributed by atoms with Crippen LogP contribution in [0.1, 0.15) is 29.2 Å². The highest BCUT2D eigenvalue weighted by Crippen LogP contribution is 2.22. The Labute approximate surface area is 155 Å². The van der Waals surface area contributed by atoms with Crippen molar-refractivity contribution >= 4 is 37.5 Å². The summed E-state index contributed by atoms with van der Waals surface area (Å²) in [4.78, 5) is 16.7. The molecule has 1 heterocycles. The van der Waals surface area contributed by atoms with Crippen LogP contribution in [0.2, 0.25) is 0 Å². The van der Waals surface area contributed by atoms with Crippen molar-refractivity contribution in [2.75, 3.05) is 0 Å². The number of hydrogen-bond acceptors (Lipinski definition) is 6. The molecule has 0 bridgehead atoms. The van der Waals surface area contributed by atoms with Crippen molar-refractivity contribution in [2.45, 2.75) is 31.4 Å². The predicted octanol–water partition coefficient (Wildman–Crippen LogP) is 3.34. The highest BCUT2D eigenvalue weighted by Gasteiger charge is 2.18. The minimum atomic E-state index is -3.67. The number of aromatic nitrogens is 1. The normalized spacial score (nSPS) is 11.8. The molecule has 3 rings (SSSR count). The topological polar surface area (TPSA) is 85.4 Å². The largest absolute Gasteiger partial charge is 0.455 e. The number of esters is 1. The number of thiazole rings is 1. The minimum absolute atomic E-state index is 0.0284. The molecule has 26 heavy (non-hydrogen) atoms. The van der Waals surface area contributed by atoms with Gasteiger partial charge < -0.3 is 4.74 Å². The summed E-state index contributed by atoms with van der Waals surface area (Å²) in [5.74, 6) is -0.592. The van der Waals surface area contributed by atoms with Crippen LogP contribution in [0.3, 0.4) is 0 Å². The van der Waals surface area contributed by atoms with Gasteiger partial charge in [0.2, 0.25) is 10.0 Å². The molecule has 0 spiro atoms. The van der Waals surface area contributed by atoms with Crippen LogP contribution in [0.25, 0.3) is 10.2 Å². The van der Waals surface area contributed by atoms with Crippen LogP contribution in [0.4, 0.5) is 0 Å². The number of ether oxygens (including phenoxy) is 1. The zero-order chi connectivity index (χ0) is 18.7. The van der Waals surface area contributed by atoms with E-state index in [9.17, 15) is 13.2 Å². The molecule has 136 valence electrons. The third-order valence-electron chi connectivity index (χ3n) is 3.44. The van der Waals surface area contributed by atoms with Crippen molar-refractivity contribution in [2.24, 2.45) is 0 Å². The lowest BCUT2D eigenvalue weighted by Gasteiger charge is -2.10. The summed E-state index contributed by atoms with van der Waals surface area (Å²) in [6, 6.07) is 13.2. The maximum absolute atomic E-state index is 12.3. The van der Waals surface area contributed by atoms with Crippen molar-refractivity contribution in [1.29, 1.82) is 0 Å². The Morgan fingerprint density at radius 2 is 1.96 bits per heavy atom. The zero-order valence-corrected chi connectivity index (χ0v) is 15.9. The lowest BCUT2D eigenvalue weighted by Crippen LogP contribution is -2.30. The fourth-order valence-corrected chi connectivity index (χ4v) is 4.54. The first-order valence-electron chi connectivity index (χ1n) is 7.99. The van der Waals surface area contributed by atoms with Crippen molar-refractivity contribution in [1.82, 2.24) is 9.71 Å². The number of rotatable bonds is 6. The van der Waals surface area contributed by atoms with Crippen LogP contribution in [0, 0.1) is 0 Å². The summed E-state index contributed by atoms with van der Waals surface area (Å²) in [6.45, 7) is 3.50. The van der Waals surface area contributed by atoms with Crippen LogP contribution >= 0.6 is 11.3 Å². The summed E-state index contributed by atoms with van der Waals surface area (Å²) in [5, 5.41) is 0.685. The summed E-state index contributed by atoms with van der Waals surface area (Å²) < 4.78 is 33.2. The van der Waals surface area contributed by atoms with E-state index in [2.05, 4.69) is 9.71 Å². The van der Waals surface area contributed by atoms with Gasteiger partial charge in [-0.15, -0.1) is 11.3 Å². The summed E-state index contributed by atoms with van der Waals surface area (Å²) in [7, 11) is -3.67. The van der Waals surface area contributed by atoms with Gasteiger partial charge in [-0.1, -0.05) is 18.2 Å². The fourth-order valence-electron chi connectivity index (χ4n) is 2.36. The molecule has 0 amide bonds. The molecule has 0 unspecified atom stereocenters. The monoisotopic (exact) mass is 390 g/mol. The van der Waals surface area contributed by atoms with Gasteiger partial charge in [0.15, 0.2) is 0 Å². The van der Waals surface area contributed by atoms with Gasteiger partial charge in [0.25, 0.3) is 0 Å². The molecular formula is C18H18N2O4S2.